The molecule has 0 saturated carbocycles. The SMILES string of the molecule is C[Si](C)(C)C1=[C-]CC=C1.Cl.Cl.Cl.[CH3-].[CH3-].[CH3-].[Ti+4]. The average Bonchev–Trinajstić information content (AvgIpc) is 2.08. The molecule has 98 valence electrons. The first-order chi connectivity index (χ1) is 4.11. The van der Waals surface area contributed by atoms with Crippen LogP contribution in [0, 0.1) is 28.4 Å². The largest absolute Gasteiger partial charge is 4.00 e. The third-order valence-electron chi connectivity index (χ3n) is 1.50. The Balaban J connectivity index is -0.0000000231. The maximum atomic E-state index is 3.36. The normalized spacial score (nSPS) is 10.3. The summed E-state index contributed by atoms with van der Waals surface area (Å²) in [4.78, 5) is 0. The van der Waals surface area contributed by atoms with Gasteiger partial charge in [-0.1, -0.05) is 19.6 Å². The Morgan fingerprint density at radius 3 is 1.50 bits per heavy atom. The molecular weight excluding hydrogens is 314 g/mol. The first-order valence-corrected chi connectivity index (χ1v) is 6.88. The molecule has 0 spiro atoms. The van der Waals surface area contributed by atoms with Gasteiger partial charge in [0.2, 0.25) is 0 Å². The minimum Gasteiger partial charge on any atom is -0.358 e. The van der Waals surface area contributed by atoms with Gasteiger partial charge >= 0.3 is 21.7 Å². The zero-order valence-electron chi connectivity index (χ0n) is 11.1. The predicted octanol–water partition coefficient (Wildman–Crippen LogP) is 5.17. The van der Waals surface area contributed by atoms with Gasteiger partial charge in [-0.15, -0.1) is 43.6 Å². The van der Waals surface area contributed by atoms with Gasteiger partial charge in [0.25, 0.3) is 0 Å². The zero-order valence-corrected chi connectivity index (χ0v) is 16.1. The van der Waals surface area contributed by atoms with Crippen LogP contribution in [-0.2, 0) is 21.7 Å². The fourth-order valence-electron chi connectivity index (χ4n) is 0.920. The van der Waals surface area contributed by atoms with E-state index in [9.17, 15) is 0 Å². The molecule has 0 bridgehead atoms. The van der Waals surface area contributed by atoms with Crippen LogP contribution in [0.1, 0.15) is 6.42 Å². The van der Waals surface area contributed by atoms with E-state index in [0.29, 0.717) is 0 Å². The van der Waals surface area contributed by atoms with Gasteiger partial charge in [0, 0.05) is 8.07 Å². The second-order valence-electron chi connectivity index (χ2n) is 3.45. The third kappa shape index (κ3) is 15.3. The van der Waals surface area contributed by atoms with E-state index in [1.165, 1.54) is 5.20 Å². The molecule has 0 heterocycles. The van der Waals surface area contributed by atoms with Crippen LogP contribution in [0.15, 0.2) is 17.3 Å². The molecule has 16 heavy (non-hydrogen) atoms. The molecule has 0 aromatic rings. The van der Waals surface area contributed by atoms with Crippen LogP contribution < -0.4 is 0 Å². The van der Waals surface area contributed by atoms with Gasteiger partial charge in [-0.25, -0.2) is 11.3 Å². The topological polar surface area (TPSA) is 0 Å². The molecule has 0 unspecified atom stereocenters. The maximum absolute atomic E-state index is 3.36. The molecule has 0 aliphatic heterocycles. The molecular formula is C11H25Cl3SiTi. The van der Waals surface area contributed by atoms with Gasteiger partial charge in [0.15, 0.2) is 0 Å². The number of halogens is 3. The Morgan fingerprint density at radius 2 is 1.38 bits per heavy atom. The molecule has 0 radical (unpaired) electrons. The number of hydrogen-bond acceptors (Lipinski definition) is 0. The van der Waals surface area contributed by atoms with E-state index < -0.39 is 8.07 Å². The Hall–Kier alpha value is 1.28. The first kappa shape index (κ1) is 43.3. The van der Waals surface area contributed by atoms with E-state index in [4.69, 9.17) is 0 Å². The van der Waals surface area contributed by atoms with Crippen molar-refractivity contribution in [3.63, 3.8) is 0 Å². The van der Waals surface area contributed by atoms with Crippen LogP contribution in [0.5, 0.6) is 0 Å². The molecule has 0 aromatic carbocycles. The van der Waals surface area contributed by atoms with Gasteiger partial charge in [-0.2, -0.15) is 6.08 Å². The monoisotopic (exact) mass is 338 g/mol. The standard InChI is InChI=1S/C8H13Si.3CH3.3ClH.Ti/c1-9(2,3)8-6-4-5-7-8;;;;;;;/h4,6H,5H2,1-3H3;3*1H3;3*1H;/q4*-1;;;;+4. The summed E-state index contributed by atoms with van der Waals surface area (Å²) < 4.78 is 0. The van der Waals surface area contributed by atoms with E-state index in [-0.39, 0.29) is 81.2 Å². The van der Waals surface area contributed by atoms with Crippen molar-refractivity contribution in [3.05, 3.63) is 45.7 Å². The van der Waals surface area contributed by atoms with Crippen molar-refractivity contribution in [1.82, 2.24) is 0 Å². The molecule has 0 N–H and O–H groups in total. The van der Waals surface area contributed by atoms with Crippen molar-refractivity contribution in [2.45, 2.75) is 26.1 Å². The van der Waals surface area contributed by atoms with Crippen molar-refractivity contribution >= 4 is 45.3 Å². The fraction of sp³-hybridized carbons (Fsp3) is 0.364. The van der Waals surface area contributed by atoms with Gasteiger partial charge in [0.05, 0.1) is 0 Å². The van der Waals surface area contributed by atoms with E-state index in [1.807, 2.05) is 0 Å². The Labute approximate surface area is 138 Å². The summed E-state index contributed by atoms with van der Waals surface area (Å²) in [6.45, 7) is 7.06. The summed E-state index contributed by atoms with van der Waals surface area (Å²) in [5.74, 6) is 0. The maximum Gasteiger partial charge on any atom is 4.00 e. The third-order valence-corrected chi connectivity index (χ3v) is 3.46. The van der Waals surface area contributed by atoms with Crippen LogP contribution in [-0.4, -0.2) is 8.07 Å². The Morgan fingerprint density at radius 1 is 1.00 bits per heavy atom. The molecule has 1 rings (SSSR count). The van der Waals surface area contributed by atoms with Crippen molar-refractivity contribution in [3.8, 4) is 0 Å². The Bertz CT molecular complexity index is 175. The van der Waals surface area contributed by atoms with Gasteiger partial charge < -0.3 is 22.3 Å². The summed E-state index contributed by atoms with van der Waals surface area (Å²) in [7, 11) is -1.01. The van der Waals surface area contributed by atoms with Crippen LogP contribution in [0.25, 0.3) is 0 Å². The molecule has 1 aliphatic carbocycles. The smallest absolute Gasteiger partial charge is 0.358 e. The molecule has 0 nitrogen and oxygen atoms in total. The van der Waals surface area contributed by atoms with Gasteiger partial charge in [-0.05, 0) is 0 Å². The predicted molar refractivity (Wildman–Crippen MR) is 84.8 cm³/mol. The summed E-state index contributed by atoms with van der Waals surface area (Å²) in [6.07, 6.45) is 8.82. The number of rotatable bonds is 1. The van der Waals surface area contributed by atoms with E-state index in [0.717, 1.165) is 6.42 Å². The summed E-state index contributed by atoms with van der Waals surface area (Å²) >= 11 is 0. The molecule has 5 heteroatoms. The Kier molecular flexibility index (Phi) is 50.5. The van der Waals surface area contributed by atoms with Gasteiger partial charge in [0.1, 0.15) is 0 Å². The fourth-order valence-corrected chi connectivity index (χ4v) is 2.17. The van der Waals surface area contributed by atoms with Crippen molar-refractivity contribution < 1.29 is 21.7 Å². The molecule has 0 aromatic heterocycles. The summed E-state index contributed by atoms with van der Waals surface area (Å²) in [6, 6.07) is 0. The minimum atomic E-state index is -1.01. The molecule has 0 amide bonds. The van der Waals surface area contributed by atoms with E-state index in [2.05, 4.69) is 37.9 Å². The first-order valence-electron chi connectivity index (χ1n) is 3.38. The molecule has 0 atom stereocenters. The van der Waals surface area contributed by atoms with Crippen molar-refractivity contribution in [1.29, 1.82) is 0 Å². The average molecular weight is 340 g/mol. The van der Waals surface area contributed by atoms with Gasteiger partial charge in [-0.3, -0.25) is 6.08 Å². The van der Waals surface area contributed by atoms with Crippen LogP contribution in [0.4, 0.5) is 0 Å². The molecule has 1 aliphatic rings. The minimum absolute atomic E-state index is 0. The van der Waals surface area contributed by atoms with Crippen LogP contribution in [0.3, 0.4) is 0 Å². The van der Waals surface area contributed by atoms with Crippen LogP contribution >= 0.6 is 37.2 Å². The second kappa shape index (κ2) is 18.6. The quantitative estimate of drug-likeness (QED) is 0.457. The zero-order chi connectivity index (χ0) is 6.91. The number of hydrogen-bond donors (Lipinski definition) is 0. The molecule has 0 saturated heterocycles. The molecule has 0 fully saturated rings. The number of allylic oxidation sites excluding steroid dienone is 4. The van der Waals surface area contributed by atoms with Crippen molar-refractivity contribution in [2.24, 2.45) is 0 Å². The van der Waals surface area contributed by atoms with Crippen LogP contribution in [0.2, 0.25) is 19.6 Å². The van der Waals surface area contributed by atoms with E-state index >= 15 is 0 Å². The van der Waals surface area contributed by atoms with Crippen molar-refractivity contribution in [2.75, 3.05) is 0 Å². The second-order valence-corrected chi connectivity index (χ2v) is 8.49. The van der Waals surface area contributed by atoms with E-state index in [1.54, 1.807) is 0 Å². The summed E-state index contributed by atoms with van der Waals surface area (Å²) in [5, 5.41) is 1.49. The summed E-state index contributed by atoms with van der Waals surface area (Å²) in [5.41, 5.74) is 0.